The predicted octanol–water partition coefficient (Wildman–Crippen LogP) is 5.03. The average Bonchev–Trinajstić information content (AvgIpc) is 3.33. The zero-order valence-electron chi connectivity index (χ0n) is 12.9. The molecule has 124 valence electrons. The molecule has 0 bridgehead atoms. The molecular formula is C18H12N2O3S2. The molecule has 0 aliphatic carbocycles. The Hall–Kier alpha value is -2.77. The maximum Gasteiger partial charge on any atom is 0.307 e. The van der Waals surface area contributed by atoms with E-state index in [4.69, 9.17) is 4.42 Å². The van der Waals surface area contributed by atoms with Crippen LogP contribution in [-0.4, -0.2) is 21.0 Å². The third kappa shape index (κ3) is 3.38. The van der Waals surface area contributed by atoms with E-state index in [0.29, 0.717) is 22.0 Å². The Bertz CT molecular complexity index is 1030. The molecule has 1 aromatic carbocycles. The topological polar surface area (TPSA) is 76.2 Å². The summed E-state index contributed by atoms with van der Waals surface area (Å²) in [4.78, 5) is 20.4. The zero-order chi connectivity index (χ0) is 17.2. The van der Waals surface area contributed by atoms with Gasteiger partial charge >= 0.3 is 5.97 Å². The predicted molar refractivity (Wildman–Crippen MR) is 99.6 cm³/mol. The van der Waals surface area contributed by atoms with E-state index >= 15 is 0 Å². The number of rotatable bonds is 5. The van der Waals surface area contributed by atoms with Gasteiger partial charge < -0.3 is 9.52 Å². The van der Waals surface area contributed by atoms with Gasteiger partial charge in [0.15, 0.2) is 10.8 Å². The van der Waals surface area contributed by atoms with Gasteiger partial charge in [-0.1, -0.05) is 12.1 Å². The lowest BCUT2D eigenvalue weighted by molar-refractivity contribution is -0.135. The van der Waals surface area contributed by atoms with Crippen LogP contribution < -0.4 is 0 Å². The molecule has 0 spiro atoms. The Labute approximate surface area is 150 Å². The number of aromatic nitrogens is 2. The van der Waals surface area contributed by atoms with Crippen molar-refractivity contribution in [3.8, 4) is 10.8 Å². The Kier molecular flexibility index (Phi) is 4.17. The van der Waals surface area contributed by atoms with Crippen molar-refractivity contribution in [2.24, 2.45) is 0 Å². The smallest absolute Gasteiger partial charge is 0.307 e. The van der Waals surface area contributed by atoms with Crippen LogP contribution in [0.2, 0.25) is 0 Å². The second-order valence-electron chi connectivity index (χ2n) is 5.28. The van der Waals surface area contributed by atoms with E-state index in [9.17, 15) is 9.90 Å². The molecule has 4 rings (SSSR count). The largest absolute Gasteiger partial charge is 0.481 e. The number of hydrogen-bond acceptors (Lipinski definition) is 6. The van der Waals surface area contributed by atoms with Gasteiger partial charge in [0.1, 0.15) is 5.01 Å². The van der Waals surface area contributed by atoms with Crippen molar-refractivity contribution >= 4 is 50.5 Å². The van der Waals surface area contributed by atoms with Gasteiger partial charge in [-0.15, -0.1) is 22.7 Å². The van der Waals surface area contributed by atoms with Crippen molar-refractivity contribution in [1.82, 2.24) is 9.97 Å². The lowest BCUT2D eigenvalue weighted by atomic mass is 10.1. The van der Waals surface area contributed by atoms with Gasteiger partial charge in [0.05, 0.1) is 28.6 Å². The lowest BCUT2D eigenvalue weighted by Gasteiger charge is -1.99. The molecule has 25 heavy (non-hydrogen) atoms. The van der Waals surface area contributed by atoms with E-state index < -0.39 is 5.97 Å². The highest BCUT2D eigenvalue weighted by Gasteiger charge is 2.14. The number of para-hydroxylation sites is 1. The van der Waals surface area contributed by atoms with Gasteiger partial charge in [0.25, 0.3) is 0 Å². The van der Waals surface area contributed by atoms with E-state index in [0.717, 1.165) is 15.2 Å². The number of hydrogen-bond donors (Lipinski definition) is 1. The van der Waals surface area contributed by atoms with Crippen LogP contribution in [0, 0.1) is 0 Å². The highest BCUT2D eigenvalue weighted by atomic mass is 32.1. The Morgan fingerprint density at radius 3 is 2.84 bits per heavy atom. The molecule has 0 saturated heterocycles. The summed E-state index contributed by atoms with van der Waals surface area (Å²) in [5, 5.41) is 12.6. The molecule has 0 radical (unpaired) electrons. The van der Waals surface area contributed by atoms with Gasteiger partial charge in [0, 0.05) is 11.0 Å². The molecule has 0 aliphatic rings. The van der Waals surface area contributed by atoms with Crippen molar-refractivity contribution in [2.45, 2.75) is 6.42 Å². The molecule has 4 aromatic rings. The van der Waals surface area contributed by atoms with Gasteiger partial charge in [-0.3, -0.25) is 4.79 Å². The summed E-state index contributed by atoms with van der Waals surface area (Å²) in [6.07, 6.45) is 3.28. The third-order valence-electron chi connectivity index (χ3n) is 3.49. The van der Waals surface area contributed by atoms with Crippen LogP contribution in [0.3, 0.4) is 0 Å². The number of carbonyl (C=O) groups is 1. The molecule has 0 saturated carbocycles. The first-order chi connectivity index (χ1) is 12.2. The van der Waals surface area contributed by atoms with Crippen molar-refractivity contribution in [3.05, 3.63) is 58.7 Å². The van der Waals surface area contributed by atoms with Crippen molar-refractivity contribution in [2.75, 3.05) is 0 Å². The minimum atomic E-state index is -0.896. The van der Waals surface area contributed by atoms with Crippen LogP contribution in [0.5, 0.6) is 0 Å². The van der Waals surface area contributed by atoms with Gasteiger partial charge in [0.2, 0.25) is 0 Å². The minimum absolute atomic E-state index is 0.104. The fourth-order valence-electron chi connectivity index (χ4n) is 2.41. The summed E-state index contributed by atoms with van der Waals surface area (Å²) in [5.41, 5.74) is 2.21. The molecule has 3 aromatic heterocycles. The second kappa shape index (κ2) is 6.62. The van der Waals surface area contributed by atoms with Gasteiger partial charge in [-0.05, 0) is 30.3 Å². The minimum Gasteiger partial charge on any atom is -0.481 e. The first kappa shape index (κ1) is 15.7. The third-order valence-corrected chi connectivity index (χ3v) is 5.47. The number of fused-ring (bicyclic) bond motifs is 1. The number of thiazole rings is 2. The standard InChI is InChI=1S/C18H12N2O3S2/c21-16(22)9-11(17-20-13-4-1-2-6-15(13)25-17)8-12-10-24-18(19-12)14-5-3-7-23-14/h1-8,10H,9H2,(H,21,22)/b11-8+. The monoisotopic (exact) mass is 368 g/mol. The fourth-order valence-corrected chi connectivity index (χ4v) is 4.13. The quantitative estimate of drug-likeness (QED) is 0.535. The van der Waals surface area contributed by atoms with Crippen molar-refractivity contribution < 1.29 is 14.3 Å². The average molecular weight is 368 g/mol. The number of aliphatic carboxylic acids is 1. The maximum atomic E-state index is 11.3. The Balaban J connectivity index is 1.73. The number of nitrogens with zero attached hydrogens (tertiary/aromatic N) is 2. The van der Waals surface area contributed by atoms with Crippen molar-refractivity contribution in [3.63, 3.8) is 0 Å². The first-order valence-electron chi connectivity index (χ1n) is 7.47. The number of benzene rings is 1. The molecule has 7 heteroatoms. The van der Waals surface area contributed by atoms with E-state index in [2.05, 4.69) is 9.97 Å². The van der Waals surface area contributed by atoms with E-state index in [-0.39, 0.29) is 6.42 Å². The molecule has 0 fully saturated rings. The number of furan rings is 1. The number of carboxylic acid groups (broad SMARTS) is 1. The lowest BCUT2D eigenvalue weighted by Crippen LogP contribution is -1.97. The molecule has 5 nitrogen and oxygen atoms in total. The van der Waals surface area contributed by atoms with Crippen LogP contribution in [0.1, 0.15) is 17.1 Å². The Morgan fingerprint density at radius 2 is 2.08 bits per heavy atom. The van der Waals surface area contributed by atoms with Crippen LogP contribution in [0.4, 0.5) is 0 Å². The van der Waals surface area contributed by atoms with Crippen LogP contribution in [0.15, 0.2) is 52.5 Å². The molecule has 0 amide bonds. The molecule has 0 atom stereocenters. The van der Waals surface area contributed by atoms with Crippen molar-refractivity contribution in [1.29, 1.82) is 0 Å². The summed E-state index contributed by atoms with van der Waals surface area (Å²) in [6.45, 7) is 0. The van der Waals surface area contributed by atoms with Crippen LogP contribution in [0.25, 0.3) is 32.6 Å². The second-order valence-corrected chi connectivity index (χ2v) is 7.17. The maximum absolute atomic E-state index is 11.3. The summed E-state index contributed by atoms with van der Waals surface area (Å²) in [6, 6.07) is 11.4. The highest BCUT2D eigenvalue weighted by Crippen LogP contribution is 2.31. The molecular weight excluding hydrogens is 356 g/mol. The molecule has 1 N–H and O–H groups in total. The molecule has 0 aliphatic heterocycles. The molecule has 3 heterocycles. The fraction of sp³-hybridized carbons (Fsp3) is 0.0556. The van der Waals surface area contributed by atoms with E-state index in [1.165, 1.54) is 22.7 Å². The SMILES string of the molecule is O=C(O)C/C(=C\c1csc(-c2ccco2)n1)c1nc2ccccc2s1. The van der Waals surface area contributed by atoms with E-state index in [1.807, 2.05) is 41.8 Å². The van der Waals surface area contributed by atoms with Crippen LogP contribution in [-0.2, 0) is 4.79 Å². The normalized spacial score (nSPS) is 11.9. The van der Waals surface area contributed by atoms with Gasteiger partial charge in [-0.25, -0.2) is 9.97 Å². The zero-order valence-corrected chi connectivity index (χ0v) is 14.5. The highest BCUT2D eigenvalue weighted by molar-refractivity contribution is 7.19. The van der Waals surface area contributed by atoms with E-state index in [1.54, 1.807) is 12.3 Å². The summed E-state index contributed by atoms with van der Waals surface area (Å²) in [7, 11) is 0. The number of carboxylic acids is 1. The summed E-state index contributed by atoms with van der Waals surface area (Å²) < 4.78 is 6.38. The van der Waals surface area contributed by atoms with Crippen LogP contribution >= 0.6 is 22.7 Å². The summed E-state index contributed by atoms with van der Waals surface area (Å²) >= 11 is 2.94. The summed E-state index contributed by atoms with van der Waals surface area (Å²) in [5.74, 6) is -0.198. The Morgan fingerprint density at radius 1 is 1.20 bits per heavy atom. The van der Waals surface area contributed by atoms with Gasteiger partial charge in [-0.2, -0.15) is 0 Å². The molecule has 0 unspecified atom stereocenters. The first-order valence-corrected chi connectivity index (χ1v) is 9.16.